The molecule has 0 atom stereocenters. The molecule has 4 rings (SSSR count). The average molecular weight is 517 g/mol. The van der Waals surface area contributed by atoms with E-state index in [0.717, 1.165) is 22.3 Å². The first kappa shape index (κ1) is 25.8. The van der Waals surface area contributed by atoms with Gasteiger partial charge in [0.05, 0.1) is 32.7 Å². The quantitative estimate of drug-likeness (QED) is 0.124. The number of rotatable bonds is 12. The highest BCUT2D eigenvalue weighted by molar-refractivity contribution is 7.99. The predicted molar refractivity (Wildman–Crippen MR) is 148 cm³/mol. The number of carbonyl (C=O) groups excluding carboxylic acids is 1. The molecule has 0 bridgehead atoms. The van der Waals surface area contributed by atoms with Crippen LogP contribution in [0.25, 0.3) is 10.8 Å². The predicted octanol–water partition coefficient (Wildman–Crippen LogP) is 4.49. The number of allylic oxidation sites excluding steroid dienone is 1. The summed E-state index contributed by atoms with van der Waals surface area (Å²) < 4.78 is 12.5. The van der Waals surface area contributed by atoms with E-state index >= 15 is 0 Å². The topological polar surface area (TPSA) is 103 Å². The van der Waals surface area contributed by atoms with Crippen molar-refractivity contribution in [1.82, 2.24) is 20.2 Å². The smallest absolute Gasteiger partial charge is 0.250 e. The number of carbonyl (C=O) groups is 1. The summed E-state index contributed by atoms with van der Waals surface area (Å²) in [6.07, 6.45) is 3.31. The molecular weight excluding hydrogens is 488 g/mol. The number of benzene rings is 3. The summed E-state index contributed by atoms with van der Waals surface area (Å²) in [6.45, 7) is 4.85. The molecule has 1 amide bonds. The van der Waals surface area contributed by atoms with Crippen molar-refractivity contribution in [3.8, 4) is 11.5 Å². The number of hydrogen-bond donors (Lipinski definition) is 2. The Labute approximate surface area is 219 Å². The number of hydrazone groups is 1. The van der Waals surface area contributed by atoms with E-state index in [1.807, 2.05) is 28.8 Å². The van der Waals surface area contributed by atoms with Gasteiger partial charge < -0.3 is 19.4 Å². The molecule has 2 N–H and O–H groups in total. The second-order valence-corrected chi connectivity index (χ2v) is 8.81. The van der Waals surface area contributed by atoms with E-state index in [2.05, 4.69) is 50.8 Å². The number of nitrogens with zero attached hydrogens (tertiary/aromatic N) is 4. The Kier molecular flexibility index (Phi) is 8.77. The molecule has 0 spiro atoms. The highest BCUT2D eigenvalue weighted by atomic mass is 32.2. The molecule has 1 aromatic heterocycles. The highest BCUT2D eigenvalue weighted by Gasteiger charge is 2.14. The molecule has 0 radical (unpaired) electrons. The van der Waals surface area contributed by atoms with Crippen molar-refractivity contribution in [3.05, 3.63) is 84.7 Å². The fourth-order valence-corrected chi connectivity index (χ4v) is 4.44. The number of amides is 1. The lowest BCUT2D eigenvalue weighted by Crippen LogP contribution is -2.20. The number of methoxy groups -OCH3 is 2. The van der Waals surface area contributed by atoms with Gasteiger partial charge in [-0.15, -0.1) is 16.8 Å². The zero-order valence-electron chi connectivity index (χ0n) is 20.7. The zero-order valence-corrected chi connectivity index (χ0v) is 21.5. The second-order valence-electron chi connectivity index (χ2n) is 7.87. The van der Waals surface area contributed by atoms with E-state index in [-0.39, 0.29) is 11.7 Å². The molecule has 0 saturated carbocycles. The van der Waals surface area contributed by atoms with Gasteiger partial charge >= 0.3 is 0 Å². The van der Waals surface area contributed by atoms with Crippen LogP contribution in [0.4, 0.5) is 5.69 Å². The maximum absolute atomic E-state index is 12.4. The van der Waals surface area contributed by atoms with Gasteiger partial charge in [-0.25, -0.2) is 5.43 Å². The van der Waals surface area contributed by atoms with Crippen molar-refractivity contribution in [2.75, 3.05) is 25.3 Å². The number of nitrogens with one attached hydrogen (secondary N) is 2. The van der Waals surface area contributed by atoms with Crippen LogP contribution in [0.5, 0.6) is 11.5 Å². The molecule has 0 saturated heterocycles. The minimum absolute atomic E-state index is 0.128. The van der Waals surface area contributed by atoms with Gasteiger partial charge in [-0.3, -0.25) is 4.79 Å². The minimum atomic E-state index is -0.266. The van der Waals surface area contributed by atoms with Crippen LogP contribution in [0, 0.1) is 0 Å². The number of ether oxygens (including phenoxy) is 2. The fourth-order valence-electron chi connectivity index (χ4n) is 3.68. The third-order valence-corrected chi connectivity index (χ3v) is 6.46. The lowest BCUT2D eigenvalue weighted by Gasteiger charge is -2.11. The fraction of sp³-hybridized carbons (Fsp3) is 0.185. The highest BCUT2D eigenvalue weighted by Crippen LogP contribution is 2.25. The molecule has 4 aromatic rings. The maximum Gasteiger partial charge on any atom is 0.250 e. The Morgan fingerprint density at radius 1 is 1.11 bits per heavy atom. The van der Waals surface area contributed by atoms with Crippen LogP contribution in [0.2, 0.25) is 0 Å². The summed E-state index contributed by atoms with van der Waals surface area (Å²) in [4.78, 5) is 12.4. The van der Waals surface area contributed by atoms with Crippen LogP contribution in [-0.4, -0.2) is 46.9 Å². The summed E-state index contributed by atoms with van der Waals surface area (Å²) in [6, 6.07) is 19.7. The van der Waals surface area contributed by atoms with Crippen LogP contribution in [0.3, 0.4) is 0 Å². The molecule has 0 aliphatic carbocycles. The minimum Gasteiger partial charge on any atom is -0.497 e. The van der Waals surface area contributed by atoms with Crippen molar-refractivity contribution >= 4 is 40.3 Å². The Morgan fingerprint density at radius 3 is 2.76 bits per heavy atom. The number of hydrogen-bond acceptors (Lipinski definition) is 8. The first-order valence-corrected chi connectivity index (χ1v) is 12.5. The third kappa shape index (κ3) is 6.47. The van der Waals surface area contributed by atoms with E-state index in [1.165, 1.54) is 18.0 Å². The number of aromatic nitrogens is 3. The van der Waals surface area contributed by atoms with Gasteiger partial charge in [-0.1, -0.05) is 54.2 Å². The van der Waals surface area contributed by atoms with Crippen LogP contribution < -0.4 is 20.2 Å². The van der Waals surface area contributed by atoms with Crippen molar-refractivity contribution in [1.29, 1.82) is 0 Å². The second kappa shape index (κ2) is 12.6. The van der Waals surface area contributed by atoms with Crippen molar-refractivity contribution < 1.29 is 14.3 Å². The largest absolute Gasteiger partial charge is 0.497 e. The Balaban J connectivity index is 1.36. The lowest BCUT2D eigenvalue weighted by molar-refractivity contribution is -0.118. The number of fused-ring (bicyclic) bond motifs is 1. The van der Waals surface area contributed by atoms with Gasteiger partial charge in [-0.05, 0) is 23.6 Å². The van der Waals surface area contributed by atoms with Crippen LogP contribution in [0.1, 0.15) is 11.4 Å². The SMILES string of the molecule is C=CCn1c(CNc2cccc3ccccc23)nnc1SCC(=O)N/N=C\c1ccc(OC)cc1OC. The Morgan fingerprint density at radius 2 is 1.95 bits per heavy atom. The van der Waals surface area contributed by atoms with Crippen LogP contribution in [-0.2, 0) is 17.9 Å². The molecule has 9 nitrogen and oxygen atoms in total. The first-order valence-electron chi connectivity index (χ1n) is 11.5. The Hall–Kier alpha value is -4.31. The standard InChI is InChI=1S/C27H28N6O3S/c1-4-14-33-25(17-28-23-11-7-9-19-8-5-6-10-22(19)23)30-32-27(33)37-18-26(34)31-29-16-20-12-13-21(35-2)15-24(20)36-3/h4-13,15-16,28H,1,14,17-18H2,2-3H3,(H,31,34)/b29-16-. The first-order chi connectivity index (χ1) is 18.1. The summed E-state index contributed by atoms with van der Waals surface area (Å²) >= 11 is 1.29. The monoisotopic (exact) mass is 516 g/mol. The molecule has 190 valence electrons. The van der Waals surface area contributed by atoms with E-state index in [1.54, 1.807) is 38.5 Å². The molecule has 0 fully saturated rings. The van der Waals surface area contributed by atoms with Gasteiger partial charge in [0.1, 0.15) is 11.5 Å². The Bertz CT molecular complexity index is 1410. The number of anilines is 1. The van der Waals surface area contributed by atoms with Crippen LogP contribution in [0.15, 0.2) is 83.6 Å². The summed E-state index contributed by atoms with van der Waals surface area (Å²) in [7, 11) is 3.15. The lowest BCUT2D eigenvalue weighted by atomic mass is 10.1. The molecule has 0 aliphatic heterocycles. The van der Waals surface area contributed by atoms with Gasteiger partial charge in [-0.2, -0.15) is 5.10 Å². The van der Waals surface area contributed by atoms with E-state index < -0.39 is 0 Å². The van der Waals surface area contributed by atoms with Gasteiger partial charge in [0.15, 0.2) is 11.0 Å². The molecule has 0 aliphatic rings. The van der Waals surface area contributed by atoms with Gasteiger partial charge in [0.25, 0.3) is 5.91 Å². The summed E-state index contributed by atoms with van der Waals surface area (Å²) in [5.41, 5.74) is 4.27. The van der Waals surface area contributed by atoms with Crippen molar-refractivity contribution in [2.45, 2.75) is 18.2 Å². The van der Waals surface area contributed by atoms with Gasteiger partial charge in [0.2, 0.25) is 0 Å². The molecular formula is C27H28N6O3S. The number of thioether (sulfide) groups is 1. The van der Waals surface area contributed by atoms with Crippen molar-refractivity contribution in [3.63, 3.8) is 0 Å². The van der Waals surface area contributed by atoms with Crippen molar-refractivity contribution in [2.24, 2.45) is 5.10 Å². The normalized spacial score (nSPS) is 11.0. The van der Waals surface area contributed by atoms with Crippen LogP contribution >= 0.6 is 11.8 Å². The maximum atomic E-state index is 12.4. The van der Waals surface area contributed by atoms with Gasteiger partial charge in [0, 0.05) is 29.2 Å². The summed E-state index contributed by atoms with van der Waals surface area (Å²) in [5.74, 6) is 1.87. The average Bonchev–Trinajstić information content (AvgIpc) is 3.32. The molecule has 0 unspecified atom stereocenters. The van der Waals surface area contributed by atoms with E-state index in [9.17, 15) is 4.79 Å². The summed E-state index contributed by atoms with van der Waals surface area (Å²) in [5, 5.41) is 19.1. The molecule has 3 aromatic carbocycles. The molecule has 10 heteroatoms. The van der Waals surface area contributed by atoms with E-state index in [0.29, 0.717) is 35.3 Å². The zero-order chi connectivity index (χ0) is 26.0. The molecule has 1 heterocycles. The molecule has 37 heavy (non-hydrogen) atoms. The van der Waals surface area contributed by atoms with E-state index in [4.69, 9.17) is 9.47 Å². The third-order valence-electron chi connectivity index (χ3n) is 5.50.